The molecule has 7 nitrogen and oxygen atoms in total. The van der Waals surface area contributed by atoms with E-state index in [-0.39, 0.29) is 12.5 Å². The third-order valence-corrected chi connectivity index (χ3v) is 5.74. The zero-order valence-electron chi connectivity index (χ0n) is 17.0. The SMILES string of the molecule is CSc1ccc([C@@H](O)CNC(=O)C(=O)Nc2ccc(C)c(N3CCCC3=O)c2)cc1. The van der Waals surface area contributed by atoms with Gasteiger partial charge in [-0.05, 0) is 55.0 Å². The van der Waals surface area contributed by atoms with Crippen molar-refractivity contribution in [1.82, 2.24) is 5.32 Å². The summed E-state index contributed by atoms with van der Waals surface area (Å²) < 4.78 is 0. The first-order valence-corrected chi connectivity index (χ1v) is 10.9. The zero-order valence-corrected chi connectivity index (χ0v) is 17.8. The second kappa shape index (κ2) is 9.77. The minimum atomic E-state index is -0.912. The van der Waals surface area contributed by atoms with Crippen LogP contribution in [0.1, 0.15) is 30.1 Å². The van der Waals surface area contributed by atoms with E-state index < -0.39 is 17.9 Å². The summed E-state index contributed by atoms with van der Waals surface area (Å²) in [5.74, 6) is -1.62. The first-order chi connectivity index (χ1) is 14.4. The van der Waals surface area contributed by atoms with Crippen molar-refractivity contribution in [2.24, 2.45) is 0 Å². The summed E-state index contributed by atoms with van der Waals surface area (Å²) in [4.78, 5) is 39.2. The van der Waals surface area contributed by atoms with E-state index >= 15 is 0 Å². The van der Waals surface area contributed by atoms with E-state index in [1.54, 1.807) is 47.0 Å². The molecule has 0 spiro atoms. The Labute approximate surface area is 179 Å². The number of hydrogen-bond donors (Lipinski definition) is 3. The third-order valence-electron chi connectivity index (χ3n) is 4.99. The molecule has 2 aromatic carbocycles. The minimum Gasteiger partial charge on any atom is -0.387 e. The summed E-state index contributed by atoms with van der Waals surface area (Å²) in [6.07, 6.45) is 2.37. The Balaban J connectivity index is 1.57. The average molecular weight is 428 g/mol. The van der Waals surface area contributed by atoms with Gasteiger partial charge in [0.05, 0.1) is 6.10 Å². The van der Waals surface area contributed by atoms with Crippen molar-refractivity contribution >= 4 is 40.9 Å². The highest BCUT2D eigenvalue weighted by Gasteiger charge is 2.24. The summed E-state index contributed by atoms with van der Waals surface area (Å²) in [5, 5.41) is 15.2. The molecule has 0 saturated carbocycles. The normalized spacial score (nSPS) is 14.5. The van der Waals surface area contributed by atoms with Gasteiger partial charge in [0.25, 0.3) is 0 Å². The first kappa shape index (κ1) is 21.9. The standard InChI is InChI=1S/C22H25N3O4S/c1-14-5-8-16(12-18(14)25-11-3-4-20(25)27)24-22(29)21(28)23-13-19(26)15-6-9-17(30-2)10-7-15/h5-10,12,19,26H,3-4,11,13H2,1-2H3,(H,23,28)(H,24,29)/t19-/m0/s1. The topological polar surface area (TPSA) is 98.7 Å². The number of amides is 3. The minimum absolute atomic E-state index is 0.0545. The maximum absolute atomic E-state index is 12.2. The number of aryl methyl sites for hydroxylation is 1. The van der Waals surface area contributed by atoms with E-state index in [0.717, 1.165) is 22.6 Å². The monoisotopic (exact) mass is 427 g/mol. The largest absolute Gasteiger partial charge is 0.387 e. The fourth-order valence-electron chi connectivity index (χ4n) is 3.28. The van der Waals surface area contributed by atoms with E-state index in [0.29, 0.717) is 24.2 Å². The number of thioether (sulfide) groups is 1. The van der Waals surface area contributed by atoms with E-state index in [1.807, 2.05) is 25.3 Å². The Morgan fingerprint density at radius 2 is 1.90 bits per heavy atom. The van der Waals surface area contributed by atoms with Gasteiger partial charge in [-0.3, -0.25) is 14.4 Å². The molecular weight excluding hydrogens is 402 g/mol. The average Bonchev–Trinajstić information content (AvgIpc) is 3.18. The summed E-state index contributed by atoms with van der Waals surface area (Å²) >= 11 is 1.60. The molecule has 0 unspecified atom stereocenters. The highest BCUT2D eigenvalue weighted by atomic mass is 32.2. The molecule has 1 saturated heterocycles. The van der Waals surface area contributed by atoms with Gasteiger partial charge in [-0.25, -0.2) is 0 Å². The molecule has 1 aliphatic rings. The van der Waals surface area contributed by atoms with Crippen molar-refractivity contribution in [3.63, 3.8) is 0 Å². The predicted molar refractivity (Wildman–Crippen MR) is 118 cm³/mol. The first-order valence-electron chi connectivity index (χ1n) is 9.71. The molecule has 1 atom stereocenters. The maximum atomic E-state index is 12.2. The second-order valence-electron chi connectivity index (χ2n) is 7.10. The second-order valence-corrected chi connectivity index (χ2v) is 7.98. The van der Waals surface area contributed by atoms with Crippen molar-refractivity contribution in [2.45, 2.75) is 30.8 Å². The van der Waals surface area contributed by atoms with Crippen LogP contribution in [0.3, 0.4) is 0 Å². The Morgan fingerprint density at radius 1 is 1.17 bits per heavy atom. The fourth-order valence-corrected chi connectivity index (χ4v) is 3.69. The van der Waals surface area contributed by atoms with Crippen LogP contribution in [-0.4, -0.2) is 42.2 Å². The van der Waals surface area contributed by atoms with Gasteiger partial charge in [-0.15, -0.1) is 11.8 Å². The molecule has 0 aliphatic carbocycles. The van der Waals surface area contributed by atoms with Crippen molar-refractivity contribution in [1.29, 1.82) is 0 Å². The number of hydrogen-bond acceptors (Lipinski definition) is 5. The molecule has 3 rings (SSSR count). The quantitative estimate of drug-likeness (QED) is 0.486. The van der Waals surface area contributed by atoms with Gasteiger partial charge < -0.3 is 20.6 Å². The Bertz CT molecular complexity index is 946. The molecule has 0 radical (unpaired) electrons. The molecule has 1 fully saturated rings. The molecule has 3 N–H and O–H groups in total. The molecule has 0 bridgehead atoms. The molecule has 0 aromatic heterocycles. The lowest BCUT2D eigenvalue weighted by molar-refractivity contribution is -0.136. The van der Waals surface area contributed by atoms with Crippen LogP contribution < -0.4 is 15.5 Å². The van der Waals surface area contributed by atoms with Crippen LogP contribution in [-0.2, 0) is 14.4 Å². The van der Waals surface area contributed by atoms with Gasteiger partial charge in [0, 0.05) is 35.8 Å². The molecule has 1 heterocycles. The summed E-state index contributed by atoms with van der Waals surface area (Å²) in [5.41, 5.74) is 2.75. The van der Waals surface area contributed by atoms with Gasteiger partial charge in [0.15, 0.2) is 0 Å². The fraction of sp³-hybridized carbons (Fsp3) is 0.318. The van der Waals surface area contributed by atoms with Crippen LogP contribution in [0.4, 0.5) is 11.4 Å². The van der Waals surface area contributed by atoms with Crippen LogP contribution in [0.25, 0.3) is 0 Å². The number of carbonyl (C=O) groups excluding carboxylic acids is 3. The van der Waals surface area contributed by atoms with E-state index in [9.17, 15) is 19.5 Å². The number of rotatable bonds is 6. The lowest BCUT2D eigenvalue weighted by atomic mass is 10.1. The number of nitrogens with zero attached hydrogens (tertiary/aromatic N) is 1. The summed E-state index contributed by atoms with van der Waals surface area (Å²) in [6, 6.07) is 12.5. The highest BCUT2D eigenvalue weighted by molar-refractivity contribution is 7.98. The van der Waals surface area contributed by atoms with E-state index in [4.69, 9.17) is 0 Å². The highest BCUT2D eigenvalue weighted by Crippen LogP contribution is 2.28. The molecule has 8 heteroatoms. The number of aliphatic hydroxyl groups excluding tert-OH is 1. The van der Waals surface area contributed by atoms with Gasteiger partial charge in [0.2, 0.25) is 5.91 Å². The van der Waals surface area contributed by atoms with Crippen LogP contribution in [0, 0.1) is 6.92 Å². The van der Waals surface area contributed by atoms with E-state index in [2.05, 4.69) is 10.6 Å². The Kier molecular flexibility index (Phi) is 7.12. The summed E-state index contributed by atoms with van der Waals surface area (Å²) in [6.45, 7) is 2.46. The van der Waals surface area contributed by atoms with Crippen LogP contribution >= 0.6 is 11.8 Å². The molecule has 30 heavy (non-hydrogen) atoms. The molecule has 3 amide bonds. The van der Waals surface area contributed by atoms with E-state index in [1.165, 1.54) is 0 Å². The number of aliphatic hydroxyl groups is 1. The van der Waals surface area contributed by atoms with Crippen LogP contribution in [0.5, 0.6) is 0 Å². The summed E-state index contributed by atoms with van der Waals surface area (Å²) in [7, 11) is 0. The maximum Gasteiger partial charge on any atom is 0.313 e. The smallest absolute Gasteiger partial charge is 0.313 e. The lowest BCUT2D eigenvalue weighted by Crippen LogP contribution is -2.37. The third kappa shape index (κ3) is 5.20. The molecular formula is C22H25N3O4S. The lowest BCUT2D eigenvalue weighted by Gasteiger charge is -2.19. The predicted octanol–water partition coefficient (Wildman–Crippen LogP) is 2.63. The van der Waals surface area contributed by atoms with Gasteiger partial charge in [0.1, 0.15) is 0 Å². The molecule has 2 aromatic rings. The van der Waals surface area contributed by atoms with Crippen LogP contribution in [0.2, 0.25) is 0 Å². The number of anilines is 2. The van der Waals surface area contributed by atoms with Gasteiger partial charge >= 0.3 is 11.8 Å². The molecule has 1 aliphatic heterocycles. The number of benzene rings is 2. The number of carbonyl (C=O) groups is 3. The Hall–Kier alpha value is -2.84. The van der Waals surface area contributed by atoms with Gasteiger partial charge in [-0.1, -0.05) is 18.2 Å². The van der Waals surface area contributed by atoms with Crippen molar-refractivity contribution in [2.75, 3.05) is 29.6 Å². The molecule has 158 valence electrons. The zero-order chi connectivity index (χ0) is 21.7. The van der Waals surface area contributed by atoms with Crippen molar-refractivity contribution in [3.05, 3.63) is 53.6 Å². The van der Waals surface area contributed by atoms with Crippen molar-refractivity contribution in [3.8, 4) is 0 Å². The Morgan fingerprint density at radius 3 is 2.53 bits per heavy atom. The van der Waals surface area contributed by atoms with Crippen molar-refractivity contribution < 1.29 is 19.5 Å². The van der Waals surface area contributed by atoms with Gasteiger partial charge in [-0.2, -0.15) is 0 Å². The van der Waals surface area contributed by atoms with Crippen LogP contribution in [0.15, 0.2) is 47.4 Å². The number of nitrogens with one attached hydrogen (secondary N) is 2.